The van der Waals surface area contributed by atoms with E-state index in [0.717, 1.165) is 0 Å². The predicted molar refractivity (Wildman–Crippen MR) is 92.8 cm³/mol. The zero-order chi connectivity index (χ0) is 19.7. The van der Waals surface area contributed by atoms with E-state index < -0.39 is 29.2 Å². The average molecular weight is 433 g/mol. The van der Waals surface area contributed by atoms with Crippen LogP contribution in [-0.4, -0.2) is 5.11 Å². The summed E-state index contributed by atoms with van der Waals surface area (Å²) in [5, 5.41) is 5.09. The first-order valence-corrected chi connectivity index (χ1v) is 7.85. The van der Waals surface area contributed by atoms with Gasteiger partial charge in [-0.1, -0.05) is 23.2 Å². The van der Waals surface area contributed by atoms with Crippen molar-refractivity contribution in [2.24, 2.45) is 0 Å². The maximum atomic E-state index is 12.8. The summed E-state index contributed by atoms with van der Waals surface area (Å²) in [5.41, 5.74) is -3.17. The molecule has 0 aromatic heterocycles. The number of hydrogen-bond acceptors (Lipinski definition) is 1. The Bertz CT molecular complexity index is 804. The number of rotatable bonds is 2. The quantitative estimate of drug-likeness (QED) is 0.401. The minimum Gasteiger partial charge on any atom is -0.332 e. The molecule has 2 aromatic rings. The van der Waals surface area contributed by atoms with Gasteiger partial charge in [0.25, 0.3) is 0 Å². The maximum absolute atomic E-state index is 12.8. The molecule has 11 heteroatoms. The van der Waals surface area contributed by atoms with Gasteiger partial charge in [-0.2, -0.15) is 26.3 Å². The Labute approximate surface area is 159 Å². The van der Waals surface area contributed by atoms with Gasteiger partial charge in [0.15, 0.2) is 5.11 Å². The zero-order valence-corrected chi connectivity index (χ0v) is 14.7. The highest BCUT2D eigenvalue weighted by atomic mass is 35.5. The fraction of sp³-hybridized carbons (Fsp3) is 0.133. The van der Waals surface area contributed by atoms with Gasteiger partial charge in [-0.3, -0.25) is 0 Å². The van der Waals surface area contributed by atoms with Crippen molar-refractivity contribution in [3.05, 3.63) is 57.6 Å². The van der Waals surface area contributed by atoms with E-state index in [0.29, 0.717) is 17.2 Å². The fourth-order valence-electron chi connectivity index (χ4n) is 1.91. The second-order valence-electron chi connectivity index (χ2n) is 5.00. The normalized spacial score (nSPS) is 12.0. The lowest BCUT2D eigenvalue weighted by Crippen LogP contribution is -2.20. The lowest BCUT2D eigenvalue weighted by molar-refractivity contribution is -0.143. The van der Waals surface area contributed by atoms with E-state index in [4.69, 9.17) is 35.4 Å². The molecular weight excluding hydrogens is 425 g/mol. The summed E-state index contributed by atoms with van der Waals surface area (Å²) in [6.07, 6.45) is -9.91. The summed E-state index contributed by atoms with van der Waals surface area (Å²) in [5.74, 6) is 0. The molecule has 0 aliphatic heterocycles. The van der Waals surface area contributed by atoms with Gasteiger partial charge in [0.1, 0.15) is 0 Å². The molecule has 2 nitrogen and oxygen atoms in total. The van der Waals surface area contributed by atoms with Gasteiger partial charge in [0.2, 0.25) is 0 Å². The van der Waals surface area contributed by atoms with E-state index in [-0.39, 0.29) is 21.9 Å². The summed E-state index contributed by atoms with van der Waals surface area (Å²) in [6, 6.07) is 5.39. The number of thiocarbonyl (C=S) groups is 1. The zero-order valence-electron chi connectivity index (χ0n) is 12.4. The van der Waals surface area contributed by atoms with E-state index in [1.807, 2.05) is 0 Å². The molecule has 2 rings (SSSR count). The van der Waals surface area contributed by atoms with Crippen molar-refractivity contribution in [1.29, 1.82) is 0 Å². The van der Waals surface area contributed by atoms with Crippen LogP contribution in [-0.2, 0) is 12.4 Å². The third kappa shape index (κ3) is 5.39. The minimum absolute atomic E-state index is 0.0233. The summed E-state index contributed by atoms with van der Waals surface area (Å²) < 4.78 is 77.1. The Morgan fingerprint density at radius 1 is 0.808 bits per heavy atom. The van der Waals surface area contributed by atoms with E-state index in [1.54, 1.807) is 0 Å². The number of benzene rings is 2. The third-order valence-electron chi connectivity index (χ3n) is 3.02. The van der Waals surface area contributed by atoms with E-state index in [9.17, 15) is 26.3 Å². The molecule has 0 unspecified atom stereocenters. The predicted octanol–water partition coefficient (Wildman–Crippen LogP) is 6.84. The van der Waals surface area contributed by atoms with Gasteiger partial charge in [-0.05, 0) is 48.6 Å². The summed E-state index contributed by atoms with van der Waals surface area (Å²) in [7, 11) is 0. The molecule has 0 aliphatic rings. The summed E-state index contributed by atoms with van der Waals surface area (Å²) in [6.45, 7) is 0. The molecule has 0 heterocycles. The number of alkyl halides is 6. The molecule has 140 valence electrons. The van der Waals surface area contributed by atoms with Crippen molar-refractivity contribution in [2.75, 3.05) is 10.6 Å². The van der Waals surface area contributed by atoms with Crippen molar-refractivity contribution in [2.45, 2.75) is 12.4 Å². The van der Waals surface area contributed by atoms with Crippen LogP contribution in [0.2, 0.25) is 10.0 Å². The third-order valence-corrected chi connectivity index (χ3v) is 3.79. The van der Waals surface area contributed by atoms with E-state index in [1.165, 1.54) is 18.2 Å². The SMILES string of the molecule is FC(F)(F)c1cc(NC(=S)Nc2cc(Cl)ccc2Cl)cc(C(F)(F)F)c1. The van der Waals surface area contributed by atoms with Gasteiger partial charge >= 0.3 is 12.4 Å². The Balaban J connectivity index is 2.30. The van der Waals surface area contributed by atoms with Crippen LogP contribution in [0.15, 0.2) is 36.4 Å². The Hall–Kier alpha value is -1.71. The number of nitrogens with one attached hydrogen (secondary N) is 2. The van der Waals surface area contributed by atoms with Crippen LogP contribution in [0, 0.1) is 0 Å². The first kappa shape index (κ1) is 20.6. The smallest absolute Gasteiger partial charge is 0.332 e. The molecule has 26 heavy (non-hydrogen) atoms. The first-order chi connectivity index (χ1) is 11.9. The minimum atomic E-state index is -4.96. The van der Waals surface area contributed by atoms with Gasteiger partial charge < -0.3 is 10.6 Å². The fourth-order valence-corrected chi connectivity index (χ4v) is 2.47. The molecule has 0 radical (unpaired) electrons. The molecule has 0 saturated heterocycles. The second-order valence-corrected chi connectivity index (χ2v) is 6.25. The first-order valence-electron chi connectivity index (χ1n) is 6.69. The molecule has 0 aliphatic carbocycles. The highest BCUT2D eigenvalue weighted by Crippen LogP contribution is 2.37. The van der Waals surface area contributed by atoms with Crippen LogP contribution in [0.3, 0.4) is 0 Å². The standard InChI is InChI=1S/C15H8Cl2F6N2S/c16-9-1-2-11(17)12(6-9)25-13(26)24-10-4-7(14(18,19)20)3-8(5-10)15(21,22)23/h1-6H,(H2,24,25,26). The lowest BCUT2D eigenvalue weighted by Gasteiger charge is -2.16. The summed E-state index contributed by atoms with van der Waals surface area (Å²) in [4.78, 5) is 0. The Morgan fingerprint density at radius 2 is 1.35 bits per heavy atom. The monoisotopic (exact) mass is 432 g/mol. The highest BCUT2D eigenvalue weighted by molar-refractivity contribution is 7.80. The topological polar surface area (TPSA) is 24.1 Å². The van der Waals surface area contributed by atoms with Crippen LogP contribution in [0.5, 0.6) is 0 Å². The molecule has 0 saturated carbocycles. The van der Waals surface area contributed by atoms with Crippen molar-refractivity contribution in [3.63, 3.8) is 0 Å². The maximum Gasteiger partial charge on any atom is 0.416 e. The van der Waals surface area contributed by atoms with Crippen LogP contribution < -0.4 is 10.6 Å². The van der Waals surface area contributed by atoms with Crippen LogP contribution in [0.25, 0.3) is 0 Å². The highest BCUT2D eigenvalue weighted by Gasteiger charge is 2.37. The molecule has 2 N–H and O–H groups in total. The molecular formula is C15H8Cl2F6N2S. The van der Waals surface area contributed by atoms with Crippen molar-refractivity contribution < 1.29 is 26.3 Å². The molecule has 0 spiro atoms. The van der Waals surface area contributed by atoms with Gasteiger partial charge in [0, 0.05) is 10.7 Å². The second kappa shape index (κ2) is 7.50. The lowest BCUT2D eigenvalue weighted by atomic mass is 10.1. The van der Waals surface area contributed by atoms with Crippen molar-refractivity contribution >= 4 is 51.9 Å². The van der Waals surface area contributed by atoms with Crippen molar-refractivity contribution in [1.82, 2.24) is 0 Å². The van der Waals surface area contributed by atoms with Gasteiger partial charge in [-0.15, -0.1) is 0 Å². The largest absolute Gasteiger partial charge is 0.416 e. The number of hydrogen-bond donors (Lipinski definition) is 2. The van der Waals surface area contributed by atoms with Crippen molar-refractivity contribution in [3.8, 4) is 0 Å². The summed E-state index contributed by atoms with van der Waals surface area (Å²) >= 11 is 16.6. The molecule has 0 bridgehead atoms. The van der Waals surface area contributed by atoms with Crippen LogP contribution >= 0.6 is 35.4 Å². The Kier molecular flexibility index (Phi) is 5.94. The van der Waals surface area contributed by atoms with E-state index >= 15 is 0 Å². The van der Waals surface area contributed by atoms with Gasteiger partial charge in [-0.25, -0.2) is 0 Å². The van der Waals surface area contributed by atoms with Crippen LogP contribution in [0.4, 0.5) is 37.7 Å². The molecule has 2 aromatic carbocycles. The Morgan fingerprint density at radius 3 is 1.85 bits per heavy atom. The number of halogens is 8. The molecule has 0 fully saturated rings. The molecule has 0 atom stereocenters. The average Bonchev–Trinajstić information content (AvgIpc) is 2.49. The molecule has 0 amide bonds. The van der Waals surface area contributed by atoms with Crippen LogP contribution in [0.1, 0.15) is 11.1 Å². The number of anilines is 2. The van der Waals surface area contributed by atoms with Gasteiger partial charge in [0.05, 0.1) is 21.8 Å². The van der Waals surface area contributed by atoms with E-state index in [2.05, 4.69) is 10.6 Å².